The number of rotatable bonds is 7. The highest BCUT2D eigenvalue weighted by Gasteiger charge is 2.28. The Hall–Kier alpha value is -1.69. The van der Waals surface area contributed by atoms with Crippen molar-refractivity contribution >= 4 is 0 Å². The van der Waals surface area contributed by atoms with Crippen LogP contribution in [0.25, 0.3) is 11.4 Å². The predicted octanol–water partition coefficient (Wildman–Crippen LogP) is 2.60. The van der Waals surface area contributed by atoms with E-state index >= 15 is 0 Å². The zero-order valence-electron chi connectivity index (χ0n) is 13.5. The van der Waals surface area contributed by atoms with Crippen LogP contribution in [0.3, 0.4) is 0 Å². The lowest BCUT2D eigenvalue weighted by Gasteiger charge is -2.24. The van der Waals surface area contributed by atoms with Crippen molar-refractivity contribution in [3.05, 3.63) is 18.3 Å². The Morgan fingerprint density at radius 3 is 2.67 bits per heavy atom. The van der Waals surface area contributed by atoms with Crippen LogP contribution in [0, 0.1) is 5.92 Å². The van der Waals surface area contributed by atoms with E-state index in [1.54, 1.807) is 10.9 Å². The molecule has 2 aromatic heterocycles. The van der Waals surface area contributed by atoms with E-state index in [9.17, 15) is 0 Å². The second-order valence-corrected chi connectivity index (χ2v) is 5.87. The molecule has 0 bridgehead atoms. The smallest absolute Gasteiger partial charge is 0.231 e. The molecule has 0 fully saturated rings. The van der Waals surface area contributed by atoms with Gasteiger partial charge >= 0.3 is 0 Å². The van der Waals surface area contributed by atoms with Gasteiger partial charge in [-0.05, 0) is 25.8 Å². The molecule has 0 amide bonds. The number of nitrogens with one attached hydrogen (secondary N) is 1. The fourth-order valence-corrected chi connectivity index (χ4v) is 2.60. The Kier molecular flexibility index (Phi) is 5.12. The van der Waals surface area contributed by atoms with Gasteiger partial charge in [0, 0.05) is 19.3 Å². The van der Waals surface area contributed by atoms with Gasteiger partial charge in [-0.25, -0.2) is 0 Å². The Balaban J connectivity index is 2.19. The van der Waals surface area contributed by atoms with Crippen molar-refractivity contribution in [2.45, 2.75) is 46.1 Å². The lowest BCUT2D eigenvalue weighted by molar-refractivity contribution is 0.280. The molecule has 0 radical (unpaired) electrons. The topological polar surface area (TPSA) is 68.8 Å². The van der Waals surface area contributed by atoms with Crippen molar-refractivity contribution in [1.29, 1.82) is 0 Å². The average Bonchev–Trinajstić information content (AvgIpc) is 3.05. The fraction of sp³-hybridized carbons (Fsp3) is 0.667. The van der Waals surface area contributed by atoms with E-state index in [1.165, 1.54) is 0 Å². The summed E-state index contributed by atoms with van der Waals surface area (Å²) in [5.41, 5.74) is 0.879. The summed E-state index contributed by atoms with van der Waals surface area (Å²) in [7, 11) is 1.87. The summed E-state index contributed by atoms with van der Waals surface area (Å²) in [6.07, 6.45) is 4.75. The highest BCUT2D eigenvalue weighted by Crippen LogP contribution is 2.28. The zero-order chi connectivity index (χ0) is 15.4. The van der Waals surface area contributed by atoms with Gasteiger partial charge in [0.1, 0.15) is 0 Å². The van der Waals surface area contributed by atoms with Gasteiger partial charge < -0.3 is 9.84 Å². The van der Waals surface area contributed by atoms with Crippen LogP contribution in [0.1, 0.15) is 45.9 Å². The summed E-state index contributed by atoms with van der Waals surface area (Å²) < 4.78 is 7.25. The van der Waals surface area contributed by atoms with Crippen LogP contribution in [0.4, 0.5) is 0 Å². The molecule has 2 atom stereocenters. The van der Waals surface area contributed by atoms with Gasteiger partial charge in [0.25, 0.3) is 0 Å². The van der Waals surface area contributed by atoms with Gasteiger partial charge in [-0.3, -0.25) is 4.68 Å². The molecule has 116 valence electrons. The number of hydrogen-bond acceptors (Lipinski definition) is 5. The maximum Gasteiger partial charge on any atom is 0.231 e. The molecule has 0 saturated carbocycles. The third kappa shape index (κ3) is 3.69. The Morgan fingerprint density at radius 2 is 2.10 bits per heavy atom. The minimum atomic E-state index is 0.203. The first-order valence-electron chi connectivity index (χ1n) is 7.59. The van der Waals surface area contributed by atoms with Gasteiger partial charge in [-0.15, -0.1) is 0 Å². The largest absolute Gasteiger partial charge is 0.339 e. The number of aryl methyl sites for hydroxylation is 1. The summed E-state index contributed by atoms with van der Waals surface area (Å²) >= 11 is 0. The van der Waals surface area contributed by atoms with Crippen molar-refractivity contribution in [3.63, 3.8) is 0 Å². The summed E-state index contributed by atoms with van der Waals surface area (Å²) in [5, 5.41) is 11.8. The molecular formula is C15H25N5O. The number of hydrogen-bond donors (Lipinski definition) is 1. The van der Waals surface area contributed by atoms with Gasteiger partial charge in [0.05, 0.1) is 17.7 Å². The highest BCUT2D eigenvalue weighted by atomic mass is 16.5. The monoisotopic (exact) mass is 291 g/mol. The fourth-order valence-electron chi connectivity index (χ4n) is 2.60. The molecule has 1 N–H and O–H groups in total. The molecule has 2 rings (SSSR count). The quantitative estimate of drug-likeness (QED) is 0.849. The second kappa shape index (κ2) is 6.85. The molecule has 0 spiro atoms. The summed E-state index contributed by atoms with van der Waals surface area (Å²) in [4.78, 5) is 4.57. The SMILES string of the molecule is CCCNC(C)C(c1nc(-c2cnn(C)c2)no1)C(C)C. The van der Waals surface area contributed by atoms with Crippen molar-refractivity contribution in [2.75, 3.05) is 6.54 Å². The molecule has 0 aliphatic rings. The van der Waals surface area contributed by atoms with E-state index in [0.717, 1.165) is 18.5 Å². The molecule has 2 aromatic rings. The Labute approximate surface area is 125 Å². The van der Waals surface area contributed by atoms with Crippen molar-refractivity contribution in [1.82, 2.24) is 25.2 Å². The summed E-state index contributed by atoms with van der Waals surface area (Å²) in [6, 6.07) is 0.298. The van der Waals surface area contributed by atoms with Gasteiger partial charge in [0.2, 0.25) is 11.7 Å². The van der Waals surface area contributed by atoms with E-state index in [2.05, 4.69) is 48.3 Å². The molecular weight excluding hydrogens is 266 g/mol. The molecule has 0 saturated heterocycles. The molecule has 0 aromatic carbocycles. The van der Waals surface area contributed by atoms with Crippen LogP contribution in [0.2, 0.25) is 0 Å². The maximum absolute atomic E-state index is 5.51. The van der Waals surface area contributed by atoms with E-state index < -0.39 is 0 Å². The molecule has 6 heteroatoms. The van der Waals surface area contributed by atoms with Gasteiger partial charge in [-0.1, -0.05) is 25.9 Å². The first kappa shape index (κ1) is 15.7. The predicted molar refractivity (Wildman–Crippen MR) is 81.8 cm³/mol. The van der Waals surface area contributed by atoms with E-state index in [-0.39, 0.29) is 5.92 Å². The van der Waals surface area contributed by atoms with Crippen LogP contribution >= 0.6 is 0 Å². The summed E-state index contributed by atoms with van der Waals surface area (Å²) in [5.74, 6) is 1.92. The van der Waals surface area contributed by atoms with Crippen LogP contribution in [-0.2, 0) is 7.05 Å². The number of nitrogens with zero attached hydrogens (tertiary/aromatic N) is 4. The van der Waals surface area contributed by atoms with Crippen LogP contribution in [-0.4, -0.2) is 32.5 Å². The maximum atomic E-state index is 5.51. The third-order valence-corrected chi connectivity index (χ3v) is 3.66. The molecule has 21 heavy (non-hydrogen) atoms. The summed E-state index contributed by atoms with van der Waals surface area (Å²) in [6.45, 7) is 9.70. The normalized spacial score (nSPS) is 14.6. The van der Waals surface area contributed by atoms with Crippen LogP contribution < -0.4 is 5.32 Å². The minimum absolute atomic E-state index is 0.203. The average molecular weight is 291 g/mol. The molecule has 2 unspecified atom stereocenters. The number of aromatic nitrogens is 4. The third-order valence-electron chi connectivity index (χ3n) is 3.66. The Bertz CT molecular complexity index is 560. The van der Waals surface area contributed by atoms with Crippen LogP contribution in [0.5, 0.6) is 0 Å². The first-order valence-corrected chi connectivity index (χ1v) is 7.59. The van der Waals surface area contributed by atoms with E-state index in [1.807, 2.05) is 13.2 Å². The Morgan fingerprint density at radius 1 is 1.33 bits per heavy atom. The lowest BCUT2D eigenvalue weighted by Crippen LogP contribution is -2.35. The van der Waals surface area contributed by atoms with Crippen LogP contribution in [0.15, 0.2) is 16.9 Å². The minimum Gasteiger partial charge on any atom is -0.339 e. The van der Waals surface area contributed by atoms with Crippen molar-refractivity contribution in [3.8, 4) is 11.4 Å². The van der Waals surface area contributed by atoms with Crippen molar-refractivity contribution < 1.29 is 4.52 Å². The van der Waals surface area contributed by atoms with Gasteiger partial charge in [-0.2, -0.15) is 10.1 Å². The zero-order valence-corrected chi connectivity index (χ0v) is 13.5. The van der Waals surface area contributed by atoms with E-state index in [0.29, 0.717) is 23.7 Å². The lowest BCUT2D eigenvalue weighted by atomic mass is 9.89. The first-order chi connectivity index (χ1) is 10.0. The highest BCUT2D eigenvalue weighted by molar-refractivity contribution is 5.51. The molecule has 6 nitrogen and oxygen atoms in total. The molecule has 0 aliphatic carbocycles. The molecule has 0 aliphatic heterocycles. The second-order valence-electron chi connectivity index (χ2n) is 5.87. The van der Waals surface area contributed by atoms with Gasteiger partial charge in [0.15, 0.2) is 0 Å². The van der Waals surface area contributed by atoms with Crippen molar-refractivity contribution in [2.24, 2.45) is 13.0 Å². The van der Waals surface area contributed by atoms with E-state index in [4.69, 9.17) is 4.52 Å². The molecule has 2 heterocycles. The standard InChI is InChI=1S/C15H25N5O/c1-6-7-16-11(4)13(10(2)3)15-18-14(19-21-15)12-8-17-20(5)9-12/h8-11,13,16H,6-7H2,1-5H3.